The van der Waals surface area contributed by atoms with Gasteiger partial charge in [-0.3, -0.25) is 9.80 Å². The van der Waals surface area contributed by atoms with E-state index >= 15 is 0 Å². The molecule has 1 aliphatic heterocycles. The van der Waals surface area contributed by atoms with E-state index in [2.05, 4.69) is 4.74 Å². The molecule has 0 aromatic heterocycles. The molecule has 0 aliphatic carbocycles. The molecule has 0 amide bonds. The average Bonchev–Trinajstić information content (AvgIpc) is 2.83. The van der Waals surface area contributed by atoms with Gasteiger partial charge in [-0.25, -0.2) is 9.59 Å². The van der Waals surface area contributed by atoms with Crippen LogP contribution in [0.1, 0.15) is 0 Å². The number of likely N-dealkylation sites (N-methyl/N-ethyl adjacent to an activating group) is 1. The van der Waals surface area contributed by atoms with Gasteiger partial charge in [0.05, 0.1) is 6.67 Å². The maximum Gasteiger partial charge on any atom is 0.411 e. The minimum absolute atomic E-state index is 0.0624. The van der Waals surface area contributed by atoms with Crippen molar-refractivity contribution in [3.63, 3.8) is 0 Å². The van der Waals surface area contributed by atoms with Crippen molar-refractivity contribution in [1.29, 1.82) is 0 Å². The molecule has 1 saturated heterocycles. The highest BCUT2D eigenvalue weighted by Gasteiger charge is 2.79. The molecule has 134 valence electrons. The zero-order chi connectivity index (χ0) is 18.1. The Bertz CT molecular complexity index is 473. The van der Waals surface area contributed by atoms with E-state index in [4.69, 9.17) is 5.11 Å². The van der Waals surface area contributed by atoms with Gasteiger partial charge >= 0.3 is 29.7 Å². The Hall–Kier alpha value is -1.56. The van der Waals surface area contributed by atoms with Crippen LogP contribution in [0.4, 0.5) is 26.3 Å². The Kier molecular flexibility index (Phi) is 5.52. The molecule has 0 aromatic carbocycles. The van der Waals surface area contributed by atoms with Crippen LogP contribution in [-0.2, 0) is 14.3 Å². The SMILES string of the molecule is CN1CCN(CCOC(=O)C(F)(F)C(F)(F)C(F)(F)C(=O)O)C1. The molecule has 12 heteroatoms. The molecule has 0 radical (unpaired) electrons. The molecule has 1 rings (SSSR count). The molecule has 1 N–H and O–H groups in total. The highest BCUT2D eigenvalue weighted by atomic mass is 19.3. The van der Waals surface area contributed by atoms with E-state index in [0.717, 1.165) is 0 Å². The van der Waals surface area contributed by atoms with Crippen LogP contribution in [0.2, 0.25) is 0 Å². The van der Waals surface area contributed by atoms with Crippen molar-refractivity contribution in [2.24, 2.45) is 0 Å². The van der Waals surface area contributed by atoms with Gasteiger partial charge in [0.1, 0.15) is 6.61 Å². The average molecular weight is 352 g/mol. The first-order valence-corrected chi connectivity index (χ1v) is 6.29. The Labute approximate surface area is 126 Å². The van der Waals surface area contributed by atoms with Gasteiger partial charge in [0, 0.05) is 19.6 Å². The topological polar surface area (TPSA) is 70.1 Å². The lowest BCUT2D eigenvalue weighted by molar-refractivity contribution is -0.299. The van der Waals surface area contributed by atoms with Gasteiger partial charge in [-0.05, 0) is 7.05 Å². The van der Waals surface area contributed by atoms with Gasteiger partial charge in [-0.15, -0.1) is 0 Å². The Balaban J connectivity index is 2.67. The number of hydrogen-bond donors (Lipinski definition) is 1. The number of halogens is 6. The molecule has 23 heavy (non-hydrogen) atoms. The number of carbonyl (C=O) groups excluding carboxylic acids is 1. The van der Waals surface area contributed by atoms with Crippen molar-refractivity contribution in [3.05, 3.63) is 0 Å². The molecule has 6 nitrogen and oxygen atoms in total. The van der Waals surface area contributed by atoms with E-state index in [1.807, 2.05) is 4.90 Å². The van der Waals surface area contributed by atoms with Crippen molar-refractivity contribution in [2.45, 2.75) is 17.8 Å². The second-order valence-electron chi connectivity index (χ2n) is 5.00. The van der Waals surface area contributed by atoms with Gasteiger partial charge in [0.25, 0.3) is 0 Å². The summed E-state index contributed by atoms with van der Waals surface area (Å²) < 4.78 is 82.0. The zero-order valence-electron chi connectivity index (χ0n) is 11.9. The van der Waals surface area contributed by atoms with Crippen LogP contribution in [0.25, 0.3) is 0 Å². The van der Waals surface area contributed by atoms with E-state index in [1.165, 1.54) is 0 Å². The first-order chi connectivity index (χ1) is 10.3. The van der Waals surface area contributed by atoms with Gasteiger partial charge in [0.2, 0.25) is 0 Å². The number of nitrogens with zero attached hydrogens (tertiary/aromatic N) is 2. The summed E-state index contributed by atoms with van der Waals surface area (Å²) in [5, 5.41) is 7.94. The maximum atomic E-state index is 13.2. The summed E-state index contributed by atoms with van der Waals surface area (Å²) in [6, 6.07) is 0. The molecule has 1 aliphatic rings. The van der Waals surface area contributed by atoms with Crippen molar-refractivity contribution >= 4 is 11.9 Å². The van der Waals surface area contributed by atoms with Crippen molar-refractivity contribution in [1.82, 2.24) is 9.80 Å². The zero-order valence-corrected chi connectivity index (χ0v) is 11.9. The second-order valence-corrected chi connectivity index (χ2v) is 5.00. The van der Waals surface area contributed by atoms with Crippen molar-refractivity contribution in [2.75, 3.05) is 40.0 Å². The minimum atomic E-state index is -6.43. The third-order valence-corrected chi connectivity index (χ3v) is 3.19. The summed E-state index contributed by atoms with van der Waals surface area (Å²) in [6.07, 6.45) is 0. The summed E-state index contributed by atoms with van der Waals surface area (Å²) in [6.45, 7) is 0.829. The molecule has 0 bridgehead atoms. The van der Waals surface area contributed by atoms with E-state index in [-0.39, 0.29) is 6.54 Å². The standard InChI is InChI=1S/C11H14F6N2O4/c1-18-2-3-19(6-18)4-5-23-8(22)10(14,15)11(16,17)9(12,13)7(20)21/h2-6H2,1H3,(H,20,21). The molecule has 1 heterocycles. The highest BCUT2D eigenvalue weighted by Crippen LogP contribution is 2.46. The lowest BCUT2D eigenvalue weighted by Gasteiger charge is -2.28. The molecule has 0 spiro atoms. The van der Waals surface area contributed by atoms with Crippen LogP contribution in [0, 0.1) is 0 Å². The monoisotopic (exact) mass is 352 g/mol. The van der Waals surface area contributed by atoms with E-state index < -0.39 is 36.3 Å². The predicted octanol–water partition coefficient (Wildman–Crippen LogP) is 0.725. The van der Waals surface area contributed by atoms with Crippen molar-refractivity contribution in [3.8, 4) is 0 Å². The Morgan fingerprint density at radius 1 is 1.09 bits per heavy atom. The van der Waals surface area contributed by atoms with Crippen molar-refractivity contribution < 1.29 is 45.8 Å². The summed E-state index contributed by atoms with van der Waals surface area (Å²) in [5.74, 6) is -24.9. The molecule has 1 fully saturated rings. The van der Waals surface area contributed by atoms with Gasteiger partial charge < -0.3 is 9.84 Å². The van der Waals surface area contributed by atoms with E-state index in [9.17, 15) is 35.9 Å². The largest absolute Gasteiger partial charge is 0.477 e. The molecular weight excluding hydrogens is 338 g/mol. The molecule has 0 atom stereocenters. The smallest absolute Gasteiger partial charge is 0.411 e. The fourth-order valence-electron chi connectivity index (χ4n) is 1.80. The first kappa shape index (κ1) is 19.5. The number of ether oxygens (including phenoxy) is 1. The second kappa shape index (κ2) is 6.51. The number of hydrogen-bond acceptors (Lipinski definition) is 5. The number of rotatable bonds is 7. The predicted molar refractivity (Wildman–Crippen MR) is 62.5 cm³/mol. The number of aliphatic carboxylic acids is 1. The van der Waals surface area contributed by atoms with Crippen LogP contribution in [0.3, 0.4) is 0 Å². The number of alkyl halides is 6. The lowest BCUT2D eigenvalue weighted by atomic mass is 10.0. The summed E-state index contributed by atoms with van der Waals surface area (Å²) in [5.41, 5.74) is 0. The van der Waals surface area contributed by atoms with E-state index in [0.29, 0.717) is 19.8 Å². The van der Waals surface area contributed by atoms with Crippen LogP contribution in [0.15, 0.2) is 0 Å². The third-order valence-electron chi connectivity index (χ3n) is 3.19. The molecule has 0 aromatic rings. The number of carboxylic acid groups (broad SMARTS) is 1. The highest BCUT2D eigenvalue weighted by molar-refractivity contribution is 5.83. The van der Waals surface area contributed by atoms with Gasteiger partial charge in [-0.2, -0.15) is 26.3 Å². The first-order valence-electron chi connectivity index (χ1n) is 6.29. The Morgan fingerprint density at radius 2 is 1.65 bits per heavy atom. The van der Waals surface area contributed by atoms with Crippen LogP contribution in [-0.4, -0.2) is 84.6 Å². The maximum absolute atomic E-state index is 13.2. The third kappa shape index (κ3) is 3.68. The van der Waals surface area contributed by atoms with Gasteiger partial charge in [0.15, 0.2) is 0 Å². The lowest BCUT2D eigenvalue weighted by Crippen LogP contribution is -2.61. The van der Waals surface area contributed by atoms with Gasteiger partial charge in [-0.1, -0.05) is 0 Å². The van der Waals surface area contributed by atoms with Crippen LogP contribution in [0.5, 0.6) is 0 Å². The number of carbonyl (C=O) groups is 2. The number of esters is 1. The fraction of sp³-hybridized carbons (Fsp3) is 0.818. The summed E-state index contributed by atoms with van der Waals surface area (Å²) in [4.78, 5) is 24.5. The van der Waals surface area contributed by atoms with E-state index in [1.54, 1.807) is 11.9 Å². The molecular formula is C11H14F6N2O4. The molecule has 0 unspecified atom stereocenters. The van der Waals surface area contributed by atoms with Crippen LogP contribution < -0.4 is 0 Å². The Morgan fingerprint density at radius 3 is 2.09 bits per heavy atom. The quantitative estimate of drug-likeness (QED) is 0.538. The van der Waals surface area contributed by atoms with Crippen LogP contribution >= 0.6 is 0 Å². The summed E-state index contributed by atoms with van der Waals surface area (Å²) in [7, 11) is 1.76. The fourth-order valence-corrected chi connectivity index (χ4v) is 1.80. The summed E-state index contributed by atoms with van der Waals surface area (Å²) >= 11 is 0. The number of carboxylic acids is 1. The minimum Gasteiger partial charge on any atom is -0.477 e. The normalized spacial score (nSPS) is 18.2. The molecule has 0 saturated carbocycles.